The van der Waals surface area contributed by atoms with Crippen molar-refractivity contribution in [2.24, 2.45) is 11.5 Å². The van der Waals surface area contributed by atoms with E-state index in [-0.39, 0.29) is 12.0 Å². The van der Waals surface area contributed by atoms with Crippen molar-refractivity contribution in [3.63, 3.8) is 0 Å². The van der Waals surface area contributed by atoms with Gasteiger partial charge in [-0.25, -0.2) is 0 Å². The molecule has 0 spiro atoms. The zero-order valence-electron chi connectivity index (χ0n) is 8.28. The van der Waals surface area contributed by atoms with Gasteiger partial charge in [0.05, 0.1) is 6.10 Å². The quantitative estimate of drug-likeness (QED) is 0.527. The maximum absolute atomic E-state index is 11.5. The number of nitrogens with two attached hydrogens (primary N) is 2. The lowest BCUT2D eigenvalue weighted by Gasteiger charge is -2.30. The Labute approximate surface area is 78.0 Å². The highest BCUT2D eigenvalue weighted by Crippen LogP contribution is 2.26. The van der Waals surface area contributed by atoms with E-state index in [1.54, 1.807) is 4.90 Å². The van der Waals surface area contributed by atoms with Crippen LogP contribution in [0.5, 0.6) is 0 Å². The average Bonchev–Trinajstić information content (AvgIpc) is 2.22. The van der Waals surface area contributed by atoms with Crippen LogP contribution in [-0.2, 0) is 9.53 Å². The summed E-state index contributed by atoms with van der Waals surface area (Å²) in [4.78, 5) is 13.1. The van der Waals surface area contributed by atoms with E-state index in [0.717, 1.165) is 0 Å². The van der Waals surface area contributed by atoms with Gasteiger partial charge in [0.1, 0.15) is 11.9 Å². The molecule has 5 heteroatoms. The number of hydrogen-bond acceptors (Lipinski definition) is 4. The number of amides is 1. The van der Waals surface area contributed by atoms with Crippen LogP contribution in [0.4, 0.5) is 0 Å². The molecule has 4 N–H and O–H groups in total. The monoisotopic (exact) mass is 187 g/mol. The second kappa shape index (κ2) is 3.25. The van der Waals surface area contributed by atoms with Gasteiger partial charge in [-0.05, 0) is 20.8 Å². The summed E-state index contributed by atoms with van der Waals surface area (Å²) in [6.45, 7) is 6.13. The summed E-state index contributed by atoms with van der Waals surface area (Å²) in [6, 6.07) is 0. The third kappa shape index (κ3) is 1.99. The van der Waals surface area contributed by atoms with Crippen LogP contribution in [-0.4, -0.2) is 35.3 Å². The molecule has 1 amide bonds. The molecule has 1 fully saturated rings. The molecule has 1 atom stereocenters. The van der Waals surface area contributed by atoms with E-state index in [9.17, 15) is 4.79 Å². The maximum atomic E-state index is 11.5. The molecule has 0 radical (unpaired) electrons. The van der Waals surface area contributed by atoms with E-state index in [1.165, 1.54) is 0 Å². The number of carbonyl (C=O) groups excluding carboxylic acids is 1. The van der Waals surface area contributed by atoms with Crippen molar-refractivity contribution >= 4 is 5.91 Å². The van der Waals surface area contributed by atoms with Gasteiger partial charge in [-0.3, -0.25) is 4.79 Å². The predicted octanol–water partition coefficient (Wildman–Crippen LogP) is -0.787. The zero-order chi connectivity index (χ0) is 10.2. The molecule has 1 rings (SSSR count). The van der Waals surface area contributed by atoms with Gasteiger partial charge in [0.15, 0.2) is 0 Å². The van der Waals surface area contributed by atoms with Crippen molar-refractivity contribution in [3.8, 4) is 0 Å². The van der Waals surface area contributed by atoms with Crippen molar-refractivity contribution in [2.75, 3.05) is 6.54 Å². The largest absolute Gasteiger partial charge is 0.351 e. The van der Waals surface area contributed by atoms with Gasteiger partial charge >= 0.3 is 0 Å². The Kier molecular flexibility index (Phi) is 2.61. The number of hydrogen-bond donors (Lipinski definition) is 2. The molecule has 76 valence electrons. The van der Waals surface area contributed by atoms with Crippen LogP contribution in [0.2, 0.25) is 0 Å². The van der Waals surface area contributed by atoms with Gasteiger partial charge in [0, 0.05) is 6.54 Å². The van der Waals surface area contributed by atoms with Gasteiger partial charge in [0.2, 0.25) is 0 Å². The highest BCUT2D eigenvalue weighted by molar-refractivity contribution is 5.81. The molecule has 1 heterocycles. The number of ether oxygens (including phenoxy) is 1. The third-order valence-corrected chi connectivity index (χ3v) is 2.13. The molecule has 1 unspecified atom stereocenters. The number of nitrogens with zero attached hydrogens (tertiary/aromatic N) is 1. The minimum atomic E-state index is -0.951. The van der Waals surface area contributed by atoms with Crippen molar-refractivity contribution in [1.82, 2.24) is 4.90 Å². The van der Waals surface area contributed by atoms with Gasteiger partial charge in [-0.15, -0.1) is 0 Å². The maximum Gasteiger partial charge on any atom is 0.256 e. The molecule has 1 aliphatic rings. The Hall–Kier alpha value is -0.650. The van der Waals surface area contributed by atoms with Gasteiger partial charge in [0.25, 0.3) is 5.91 Å². The molecular weight excluding hydrogens is 170 g/mol. The van der Waals surface area contributed by atoms with E-state index in [0.29, 0.717) is 6.54 Å². The molecule has 0 aromatic heterocycles. The topological polar surface area (TPSA) is 81.6 Å². The van der Waals surface area contributed by atoms with E-state index in [1.807, 2.05) is 20.8 Å². The summed E-state index contributed by atoms with van der Waals surface area (Å²) in [6.07, 6.45) is -0.911. The molecule has 1 saturated heterocycles. The molecule has 0 aromatic carbocycles. The predicted molar refractivity (Wildman–Crippen MR) is 48.5 cm³/mol. The Morgan fingerprint density at radius 1 is 1.62 bits per heavy atom. The van der Waals surface area contributed by atoms with E-state index in [4.69, 9.17) is 16.2 Å². The molecule has 5 nitrogen and oxygen atoms in total. The first-order valence-corrected chi connectivity index (χ1v) is 4.35. The fourth-order valence-electron chi connectivity index (χ4n) is 1.61. The molecule has 0 saturated carbocycles. The minimum Gasteiger partial charge on any atom is -0.351 e. The van der Waals surface area contributed by atoms with Crippen molar-refractivity contribution in [2.45, 2.75) is 38.8 Å². The lowest BCUT2D eigenvalue weighted by molar-refractivity contribution is -0.146. The second-order valence-corrected chi connectivity index (χ2v) is 3.85. The SMILES string of the molecule is CC1CN(C(=O)C(N)N)C(C)(C)O1. The van der Waals surface area contributed by atoms with Crippen molar-refractivity contribution in [1.29, 1.82) is 0 Å². The highest BCUT2D eigenvalue weighted by atomic mass is 16.5. The van der Waals surface area contributed by atoms with Gasteiger partial charge in [-0.1, -0.05) is 0 Å². The Balaban J connectivity index is 2.75. The van der Waals surface area contributed by atoms with Crippen LogP contribution in [0.15, 0.2) is 0 Å². The molecule has 1 aliphatic heterocycles. The van der Waals surface area contributed by atoms with Crippen LogP contribution in [0.3, 0.4) is 0 Å². The second-order valence-electron chi connectivity index (χ2n) is 3.85. The van der Waals surface area contributed by atoms with Crippen LogP contribution in [0, 0.1) is 0 Å². The lowest BCUT2D eigenvalue weighted by atomic mass is 10.2. The normalized spacial score (nSPS) is 26.9. The standard InChI is InChI=1S/C8H17N3O2/c1-5-4-11(7(12)6(9)10)8(2,3)13-5/h5-6H,4,9-10H2,1-3H3. The highest BCUT2D eigenvalue weighted by Gasteiger charge is 2.41. The smallest absolute Gasteiger partial charge is 0.256 e. The lowest BCUT2D eigenvalue weighted by Crippen LogP contribution is -2.54. The summed E-state index contributed by atoms with van der Waals surface area (Å²) in [7, 11) is 0. The summed E-state index contributed by atoms with van der Waals surface area (Å²) >= 11 is 0. The van der Waals surface area contributed by atoms with Crippen molar-refractivity contribution < 1.29 is 9.53 Å². The summed E-state index contributed by atoms with van der Waals surface area (Å²) in [5, 5.41) is 0. The minimum absolute atomic E-state index is 0.0395. The molecule has 0 bridgehead atoms. The number of carbonyl (C=O) groups is 1. The van der Waals surface area contributed by atoms with Crippen LogP contribution < -0.4 is 11.5 Å². The first-order valence-electron chi connectivity index (χ1n) is 4.35. The fourth-order valence-corrected chi connectivity index (χ4v) is 1.61. The summed E-state index contributed by atoms with van der Waals surface area (Å²) in [5.41, 5.74) is 10.0. The van der Waals surface area contributed by atoms with E-state index < -0.39 is 11.9 Å². The van der Waals surface area contributed by atoms with E-state index in [2.05, 4.69) is 0 Å². The molecular formula is C8H17N3O2. The summed E-state index contributed by atoms with van der Waals surface area (Å²) in [5.74, 6) is -0.269. The molecule has 0 aliphatic carbocycles. The van der Waals surface area contributed by atoms with Crippen LogP contribution in [0.25, 0.3) is 0 Å². The molecule has 0 aromatic rings. The van der Waals surface area contributed by atoms with Crippen LogP contribution >= 0.6 is 0 Å². The first-order chi connectivity index (χ1) is 5.84. The fraction of sp³-hybridized carbons (Fsp3) is 0.875. The molecule has 13 heavy (non-hydrogen) atoms. The first kappa shape index (κ1) is 10.4. The van der Waals surface area contributed by atoms with Gasteiger partial charge in [-0.2, -0.15) is 0 Å². The van der Waals surface area contributed by atoms with E-state index >= 15 is 0 Å². The zero-order valence-corrected chi connectivity index (χ0v) is 8.28. The van der Waals surface area contributed by atoms with Crippen molar-refractivity contribution in [3.05, 3.63) is 0 Å². The Bertz CT molecular complexity index is 215. The van der Waals surface area contributed by atoms with Crippen LogP contribution in [0.1, 0.15) is 20.8 Å². The average molecular weight is 187 g/mol. The van der Waals surface area contributed by atoms with Gasteiger partial charge < -0.3 is 21.1 Å². The summed E-state index contributed by atoms with van der Waals surface area (Å²) < 4.78 is 5.53. The number of rotatable bonds is 1. The Morgan fingerprint density at radius 3 is 2.46 bits per heavy atom. The third-order valence-electron chi connectivity index (χ3n) is 2.13. The Morgan fingerprint density at radius 2 is 2.15 bits per heavy atom.